The molecule has 1 aliphatic heterocycles. The molecule has 0 unspecified atom stereocenters. The number of benzene rings is 2. The molecule has 11 nitrogen and oxygen atoms in total. The van der Waals surface area contributed by atoms with Crippen LogP contribution in [0.25, 0.3) is 22.3 Å². The van der Waals surface area contributed by atoms with E-state index >= 15 is 0 Å². The predicted molar refractivity (Wildman–Crippen MR) is 103 cm³/mol. The van der Waals surface area contributed by atoms with Crippen molar-refractivity contribution in [2.75, 3.05) is 6.61 Å². The van der Waals surface area contributed by atoms with Crippen LogP contribution in [0.3, 0.4) is 0 Å². The van der Waals surface area contributed by atoms with E-state index in [1.54, 1.807) is 0 Å². The standard InChI is InChI=1S/C20H18O11/c21-6-13-15(26)17(28)20(30-13)31-19-16(27)14-11(25)4-8(22)5-12(14)29-18(19)7-1-2-9(23)10(24)3-7/h1-5,13,15,17,20-26,28H,6H2/t13-,15+,17-,20+/m1/s1. The van der Waals surface area contributed by atoms with Gasteiger partial charge < -0.3 is 49.6 Å². The third-order valence-corrected chi connectivity index (χ3v) is 4.89. The van der Waals surface area contributed by atoms with Gasteiger partial charge in [-0.2, -0.15) is 0 Å². The Labute approximate surface area is 173 Å². The van der Waals surface area contributed by atoms with Crippen molar-refractivity contribution in [3.05, 3.63) is 40.6 Å². The van der Waals surface area contributed by atoms with Crippen molar-refractivity contribution >= 4 is 11.0 Å². The van der Waals surface area contributed by atoms with E-state index in [2.05, 4.69) is 0 Å². The van der Waals surface area contributed by atoms with Crippen LogP contribution in [0, 0.1) is 0 Å². The van der Waals surface area contributed by atoms with Gasteiger partial charge in [0.1, 0.15) is 40.8 Å². The van der Waals surface area contributed by atoms with Crippen LogP contribution in [0.2, 0.25) is 0 Å². The van der Waals surface area contributed by atoms with Crippen molar-refractivity contribution in [1.29, 1.82) is 0 Å². The van der Waals surface area contributed by atoms with Crippen molar-refractivity contribution in [2.24, 2.45) is 0 Å². The Kier molecular flexibility index (Phi) is 5.11. The zero-order valence-corrected chi connectivity index (χ0v) is 15.7. The van der Waals surface area contributed by atoms with Gasteiger partial charge in [-0.15, -0.1) is 0 Å². The summed E-state index contributed by atoms with van der Waals surface area (Å²) >= 11 is 0. The van der Waals surface area contributed by atoms with Crippen LogP contribution in [-0.4, -0.2) is 67.0 Å². The lowest BCUT2D eigenvalue weighted by molar-refractivity contribution is -0.117. The molecule has 0 spiro atoms. The van der Waals surface area contributed by atoms with E-state index in [-0.39, 0.29) is 28.0 Å². The van der Waals surface area contributed by atoms with Crippen molar-refractivity contribution in [3.8, 4) is 40.1 Å². The van der Waals surface area contributed by atoms with Crippen molar-refractivity contribution in [2.45, 2.75) is 24.6 Å². The second kappa shape index (κ2) is 7.63. The molecule has 1 aromatic heterocycles. The molecule has 3 aromatic rings. The third-order valence-electron chi connectivity index (χ3n) is 4.89. The van der Waals surface area contributed by atoms with Crippen molar-refractivity contribution in [3.63, 3.8) is 0 Å². The number of phenolic OH excluding ortho intramolecular Hbond substituents is 4. The molecule has 4 rings (SSSR count). The minimum absolute atomic E-state index is 0.0684. The number of fused-ring (bicyclic) bond motifs is 1. The maximum Gasteiger partial charge on any atom is 0.239 e. The lowest BCUT2D eigenvalue weighted by Crippen LogP contribution is -2.36. The molecule has 2 heterocycles. The van der Waals surface area contributed by atoms with E-state index < -0.39 is 59.6 Å². The van der Waals surface area contributed by atoms with Crippen molar-refractivity contribution < 1.29 is 49.6 Å². The Bertz CT molecular complexity index is 1200. The number of ether oxygens (including phenoxy) is 2. The Morgan fingerprint density at radius 1 is 0.935 bits per heavy atom. The van der Waals surface area contributed by atoms with Crippen molar-refractivity contribution in [1.82, 2.24) is 0 Å². The minimum Gasteiger partial charge on any atom is -0.508 e. The number of aliphatic hydroxyl groups excluding tert-OH is 3. The zero-order chi connectivity index (χ0) is 22.4. The van der Waals surface area contributed by atoms with Gasteiger partial charge in [0.25, 0.3) is 0 Å². The SMILES string of the molecule is O=c1c(O[C@@H]2O[C@H](CO)[C@H](O)[C@H]2O)c(-c2ccc(O)c(O)c2)oc2cc(O)cc(O)c12. The van der Waals surface area contributed by atoms with Crippen LogP contribution in [0.15, 0.2) is 39.5 Å². The average molecular weight is 434 g/mol. The zero-order valence-electron chi connectivity index (χ0n) is 15.7. The third kappa shape index (κ3) is 3.49. The van der Waals surface area contributed by atoms with E-state index in [0.717, 1.165) is 24.3 Å². The summed E-state index contributed by atoms with van der Waals surface area (Å²) in [6.07, 6.45) is -5.86. The van der Waals surface area contributed by atoms with Gasteiger partial charge in [0.15, 0.2) is 17.3 Å². The monoisotopic (exact) mass is 434 g/mol. The number of hydrogen-bond donors (Lipinski definition) is 7. The molecule has 2 aromatic carbocycles. The molecule has 31 heavy (non-hydrogen) atoms. The van der Waals surface area contributed by atoms with Gasteiger partial charge in [-0.05, 0) is 18.2 Å². The smallest absolute Gasteiger partial charge is 0.239 e. The Morgan fingerprint density at radius 3 is 2.32 bits per heavy atom. The summed E-state index contributed by atoms with van der Waals surface area (Å²) in [5.74, 6) is -2.78. The van der Waals surface area contributed by atoms with Gasteiger partial charge in [-0.25, -0.2) is 0 Å². The summed E-state index contributed by atoms with van der Waals surface area (Å²) in [4.78, 5) is 13.1. The van der Waals surface area contributed by atoms with E-state index in [0.29, 0.717) is 0 Å². The van der Waals surface area contributed by atoms with E-state index in [1.165, 1.54) is 6.07 Å². The first kappa shape index (κ1) is 20.8. The van der Waals surface area contributed by atoms with E-state index in [1.807, 2.05) is 0 Å². The Hall–Kier alpha value is -3.51. The quantitative estimate of drug-likeness (QED) is 0.276. The van der Waals surface area contributed by atoms with Crippen LogP contribution >= 0.6 is 0 Å². The van der Waals surface area contributed by atoms with Gasteiger partial charge in [-0.1, -0.05) is 0 Å². The second-order valence-corrected chi connectivity index (χ2v) is 6.96. The summed E-state index contributed by atoms with van der Waals surface area (Å²) in [5.41, 5.74) is -1.04. The lowest BCUT2D eigenvalue weighted by Gasteiger charge is -2.19. The maximum atomic E-state index is 13.1. The summed E-state index contributed by atoms with van der Waals surface area (Å²) < 4.78 is 16.4. The molecule has 4 atom stereocenters. The fourth-order valence-electron chi connectivity index (χ4n) is 3.31. The van der Waals surface area contributed by atoms with E-state index in [9.17, 15) is 40.5 Å². The summed E-state index contributed by atoms with van der Waals surface area (Å²) in [7, 11) is 0. The molecular weight excluding hydrogens is 416 g/mol. The molecule has 0 amide bonds. The number of rotatable bonds is 4. The largest absolute Gasteiger partial charge is 0.508 e. The van der Waals surface area contributed by atoms with Crippen LogP contribution in [0.4, 0.5) is 0 Å². The average Bonchev–Trinajstić information content (AvgIpc) is 2.99. The fourth-order valence-corrected chi connectivity index (χ4v) is 3.31. The molecule has 0 saturated carbocycles. The van der Waals surface area contributed by atoms with Gasteiger partial charge in [0.05, 0.1) is 6.61 Å². The highest BCUT2D eigenvalue weighted by molar-refractivity contribution is 5.88. The predicted octanol–water partition coefficient (Wildman–Crippen LogP) is 0.100. The topological polar surface area (TPSA) is 190 Å². The lowest BCUT2D eigenvalue weighted by atomic mass is 10.1. The molecule has 11 heteroatoms. The molecule has 0 bridgehead atoms. The molecule has 1 saturated heterocycles. The van der Waals surface area contributed by atoms with Crippen LogP contribution < -0.4 is 10.2 Å². The summed E-state index contributed by atoms with van der Waals surface area (Å²) in [6, 6.07) is 5.50. The number of aromatic hydroxyl groups is 4. The first-order valence-electron chi connectivity index (χ1n) is 9.05. The summed E-state index contributed by atoms with van der Waals surface area (Å²) in [5, 5.41) is 68.3. The molecule has 0 radical (unpaired) electrons. The van der Waals surface area contributed by atoms with Gasteiger partial charge in [-0.3, -0.25) is 4.79 Å². The molecular formula is C20H18O11. The fraction of sp³-hybridized carbons (Fsp3) is 0.250. The number of phenols is 4. The highest BCUT2D eigenvalue weighted by Gasteiger charge is 2.44. The minimum atomic E-state index is -1.62. The summed E-state index contributed by atoms with van der Waals surface area (Å²) in [6.45, 7) is -0.622. The Balaban J connectivity index is 1.92. The maximum absolute atomic E-state index is 13.1. The molecule has 164 valence electrons. The van der Waals surface area contributed by atoms with Crippen LogP contribution in [0.5, 0.6) is 28.7 Å². The van der Waals surface area contributed by atoms with E-state index in [4.69, 9.17) is 13.9 Å². The van der Waals surface area contributed by atoms with Gasteiger partial charge in [0.2, 0.25) is 17.5 Å². The first-order valence-corrected chi connectivity index (χ1v) is 9.05. The molecule has 1 fully saturated rings. The highest BCUT2D eigenvalue weighted by Crippen LogP contribution is 2.39. The first-order chi connectivity index (χ1) is 14.7. The van der Waals surface area contributed by atoms with Gasteiger partial charge >= 0.3 is 0 Å². The second-order valence-electron chi connectivity index (χ2n) is 6.96. The number of aliphatic hydroxyl groups is 3. The number of hydrogen-bond acceptors (Lipinski definition) is 11. The van der Waals surface area contributed by atoms with Crippen LogP contribution in [0.1, 0.15) is 0 Å². The van der Waals surface area contributed by atoms with Crippen LogP contribution in [-0.2, 0) is 4.74 Å². The Morgan fingerprint density at radius 2 is 1.68 bits per heavy atom. The molecule has 1 aliphatic rings. The normalized spacial score (nSPS) is 23.3. The highest BCUT2D eigenvalue weighted by atomic mass is 16.7. The van der Waals surface area contributed by atoms with Gasteiger partial charge in [0, 0.05) is 17.7 Å². The molecule has 0 aliphatic carbocycles. The molecule has 7 N–H and O–H groups in total.